The van der Waals surface area contributed by atoms with Gasteiger partial charge in [-0.3, -0.25) is 14.7 Å². The fourth-order valence-corrected chi connectivity index (χ4v) is 4.55. The molecule has 3 heterocycles. The van der Waals surface area contributed by atoms with Crippen LogP contribution >= 0.6 is 22.9 Å². The standard InChI is InChI=1S/C22H20ClF3N4O3S/c23-19-5-4-18(34-19)16-11-17(29-28-16)21(32)27-12-20(31)30-8-6-14(7-9-30)33-15-3-1-2-13(10-15)22(24,25)26/h1-5,10-11,14H,6-9,12H2,(H,27,32)(H,28,29). The summed E-state index contributed by atoms with van der Waals surface area (Å²) >= 11 is 7.27. The van der Waals surface area contributed by atoms with Crippen molar-refractivity contribution in [3.8, 4) is 16.3 Å². The van der Waals surface area contributed by atoms with Crippen molar-refractivity contribution >= 4 is 34.8 Å². The van der Waals surface area contributed by atoms with E-state index in [0.29, 0.717) is 36.0 Å². The third kappa shape index (κ3) is 5.89. The first-order valence-corrected chi connectivity index (χ1v) is 11.6. The van der Waals surface area contributed by atoms with E-state index in [2.05, 4.69) is 15.5 Å². The van der Waals surface area contributed by atoms with Gasteiger partial charge in [-0.15, -0.1) is 11.3 Å². The highest BCUT2D eigenvalue weighted by atomic mass is 35.5. The van der Waals surface area contributed by atoms with Gasteiger partial charge in [0.1, 0.15) is 11.9 Å². The van der Waals surface area contributed by atoms with Crippen molar-refractivity contribution < 1.29 is 27.5 Å². The first-order valence-electron chi connectivity index (χ1n) is 10.4. The second-order valence-electron chi connectivity index (χ2n) is 7.68. The molecule has 0 atom stereocenters. The monoisotopic (exact) mass is 512 g/mol. The molecular formula is C22H20ClF3N4O3S. The first kappa shape index (κ1) is 24.1. The summed E-state index contributed by atoms with van der Waals surface area (Å²) in [5.41, 5.74) is 0.0355. The Morgan fingerprint density at radius 3 is 2.65 bits per heavy atom. The zero-order chi connectivity index (χ0) is 24.3. The SMILES string of the molecule is O=C(NCC(=O)N1CCC(Oc2cccc(C(F)(F)F)c2)CC1)c1cc(-c2ccc(Cl)s2)[nH]n1. The van der Waals surface area contributed by atoms with Gasteiger partial charge in [-0.1, -0.05) is 17.7 Å². The van der Waals surface area contributed by atoms with Crippen molar-refractivity contribution in [3.63, 3.8) is 0 Å². The molecule has 0 bridgehead atoms. The van der Waals surface area contributed by atoms with Crippen LogP contribution in [0.2, 0.25) is 4.34 Å². The molecule has 0 spiro atoms. The maximum Gasteiger partial charge on any atom is 0.416 e. The number of aromatic nitrogens is 2. The summed E-state index contributed by atoms with van der Waals surface area (Å²) in [6.45, 7) is 0.569. The number of likely N-dealkylation sites (tertiary alicyclic amines) is 1. The lowest BCUT2D eigenvalue weighted by Gasteiger charge is -2.32. The number of hydrogen-bond donors (Lipinski definition) is 2. The van der Waals surface area contributed by atoms with Gasteiger partial charge in [-0.25, -0.2) is 0 Å². The maximum absolute atomic E-state index is 12.9. The number of rotatable bonds is 6. The average Bonchev–Trinajstić information content (AvgIpc) is 3.47. The van der Waals surface area contributed by atoms with Crippen LogP contribution in [0.4, 0.5) is 13.2 Å². The minimum Gasteiger partial charge on any atom is -0.490 e. The molecule has 2 amide bonds. The Hall–Kier alpha value is -3.05. The molecule has 1 fully saturated rings. The Bertz CT molecular complexity index is 1170. The Kier molecular flexibility index (Phi) is 7.13. The van der Waals surface area contributed by atoms with Crippen LogP contribution in [-0.4, -0.2) is 52.6 Å². The molecule has 4 rings (SSSR count). The molecule has 180 valence electrons. The molecule has 2 aromatic heterocycles. The number of thiophene rings is 1. The van der Waals surface area contributed by atoms with Crippen molar-refractivity contribution in [3.05, 3.63) is 58.1 Å². The minimum atomic E-state index is -4.44. The van der Waals surface area contributed by atoms with Crippen LogP contribution in [0.1, 0.15) is 28.9 Å². The Balaban J connectivity index is 1.23. The molecule has 1 aliphatic rings. The van der Waals surface area contributed by atoms with Crippen molar-refractivity contribution in [1.82, 2.24) is 20.4 Å². The number of carbonyl (C=O) groups excluding carboxylic acids is 2. The lowest BCUT2D eigenvalue weighted by atomic mass is 10.1. The smallest absolute Gasteiger partial charge is 0.416 e. The topological polar surface area (TPSA) is 87.3 Å². The van der Waals surface area contributed by atoms with Gasteiger partial charge in [-0.05, 0) is 36.4 Å². The predicted octanol–water partition coefficient (Wildman–Crippen LogP) is 4.61. The summed E-state index contributed by atoms with van der Waals surface area (Å²) in [7, 11) is 0. The number of halogens is 4. The maximum atomic E-state index is 12.9. The molecule has 34 heavy (non-hydrogen) atoms. The van der Waals surface area contributed by atoms with Crippen LogP contribution in [0.3, 0.4) is 0 Å². The molecule has 1 aliphatic heterocycles. The molecule has 0 unspecified atom stereocenters. The third-order valence-electron chi connectivity index (χ3n) is 5.31. The Morgan fingerprint density at radius 1 is 1.21 bits per heavy atom. The summed E-state index contributed by atoms with van der Waals surface area (Å²) in [5.74, 6) is -0.594. The average molecular weight is 513 g/mol. The highest BCUT2D eigenvalue weighted by molar-refractivity contribution is 7.19. The lowest BCUT2D eigenvalue weighted by molar-refractivity contribution is -0.138. The highest BCUT2D eigenvalue weighted by Gasteiger charge is 2.31. The number of piperidine rings is 1. The van der Waals surface area contributed by atoms with E-state index in [4.69, 9.17) is 16.3 Å². The van der Waals surface area contributed by atoms with Gasteiger partial charge in [0.2, 0.25) is 5.91 Å². The third-order valence-corrected chi connectivity index (χ3v) is 6.57. The van der Waals surface area contributed by atoms with Crippen molar-refractivity contribution in [2.75, 3.05) is 19.6 Å². The summed E-state index contributed by atoms with van der Waals surface area (Å²) in [6.07, 6.45) is -3.78. The fraction of sp³-hybridized carbons (Fsp3) is 0.318. The van der Waals surface area contributed by atoms with Crippen LogP contribution < -0.4 is 10.1 Å². The summed E-state index contributed by atoms with van der Waals surface area (Å²) < 4.78 is 44.9. The van der Waals surface area contributed by atoms with Gasteiger partial charge in [0.05, 0.1) is 27.0 Å². The van der Waals surface area contributed by atoms with Crippen molar-refractivity contribution in [2.24, 2.45) is 0 Å². The number of carbonyl (C=O) groups is 2. The second kappa shape index (κ2) is 10.1. The van der Waals surface area contributed by atoms with Gasteiger partial charge in [-0.2, -0.15) is 18.3 Å². The summed E-state index contributed by atoms with van der Waals surface area (Å²) in [5, 5.41) is 9.32. The van der Waals surface area contributed by atoms with Crippen LogP contribution in [0.25, 0.3) is 10.6 Å². The van der Waals surface area contributed by atoms with Gasteiger partial charge in [0.15, 0.2) is 5.69 Å². The molecule has 1 saturated heterocycles. The lowest BCUT2D eigenvalue weighted by Crippen LogP contribution is -2.46. The second-order valence-corrected chi connectivity index (χ2v) is 9.39. The van der Waals surface area contributed by atoms with E-state index in [1.165, 1.54) is 23.5 Å². The molecule has 3 aromatic rings. The molecule has 12 heteroatoms. The molecule has 7 nitrogen and oxygen atoms in total. The number of H-pyrrole nitrogens is 1. The van der Waals surface area contributed by atoms with Crippen LogP contribution in [0.15, 0.2) is 42.5 Å². The molecule has 2 N–H and O–H groups in total. The van der Waals surface area contributed by atoms with E-state index in [9.17, 15) is 22.8 Å². The number of amides is 2. The first-order chi connectivity index (χ1) is 16.2. The van der Waals surface area contributed by atoms with E-state index < -0.39 is 17.6 Å². The van der Waals surface area contributed by atoms with E-state index >= 15 is 0 Å². The van der Waals surface area contributed by atoms with Gasteiger partial charge in [0, 0.05) is 25.9 Å². The quantitative estimate of drug-likeness (QED) is 0.505. The van der Waals surface area contributed by atoms with Crippen LogP contribution in [0.5, 0.6) is 5.75 Å². The van der Waals surface area contributed by atoms with E-state index in [0.717, 1.165) is 17.0 Å². The van der Waals surface area contributed by atoms with E-state index in [1.807, 2.05) is 6.07 Å². The minimum absolute atomic E-state index is 0.148. The van der Waals surface area contributed by atoms with Gasteiger partial charge in [0.25, 0.3) is 5.91 Å². The zero-order valence-electron chi connectivity index (χ0n) is 17.7. The van der Waals surface area contributed by atoms with Crippen molar-refractivity contribution in [1.29, 1.82) is 0 Å². The number of benzene rings is 1. The Labute approximate surface area is 201 Å². The van der Waals surface area contributed by atoms with E-state index in [1.54, 1.807) is 17.0 Å². The van der Waals surface area contributed by atoms with Crippen LogP contribution in [0, 0.1) is 0 Å². The normalized spacial score (nSPS) is 14.8. The van der Waals surface area contributed by atoms with Crippen molar-refractivity contribution in [2.45, 2.75) is 25.1 Å². The van der Waals surface area contributed by atoms with E-state index in [-0.39, 0.29) is 30.0 Å². The number of nitrogens with zero attached hydrogens (tertiary/aromatic N) is 2. The number of ether oxygens (including phenoxy) is 1. The number of alkyl halides is 3. The largest absolute Gasteiger partial charge is 0.490 e. The van der Waals surface area contributed by atoms with Gasteiger partial charge >= 0.3 is 6.18 Å². The zero-order valence-corrected chi connectivity index (χ0v) is 19.3. The summed E-state index contributed by atoms with van der Waals surface area (Å²) in [4.78, 5) is 27.3. The summed E-state index contributed by atoms with van der Waals surface area (Å²) in [6, 6.07) is 9.89. The molecule has 0 aliphatic carbocycles. The predicted molar refractivity (Wildman–Crippen MR) is 121 cm³/mol. The molecular weight excluding hydrogens is 493 g/mol. The Morgan fingerprint density at radius 2 is 1.97 bits per heavy atom. The number of aromatic amines is 1. The number of hydrogen-bond acceptors (Lipinski definition) is 5. The molecule has 1 aromatic carbocycles. The van der Waals surface area contributed by atoms with Crippen LogP contribution in [-0.2, 0) is 11.0 Å². The molecule has 0 radical (unpaired) electrons. The highest BCUT2D eigenvalue weighted by Crippen LogP contribution is 2.32. The molecule has 0 saturated carbocycles. The van der Waals surface area contributed by atoms with Gasteiger partial charge < -0.3 is 15.0 Å². The fourth-order valence-electron chi connectivity index (χ4n) is 3.54. The number of nitrogens with one attached hydrogen (secondary N) is 2.